The zero-order valence-corrected chi connectivity index (χ0v) is 15.2. The molecule has 1 N–H and O–H groups in total. The molecule has 1 fully saturated rings. The summed E-state index contributed by atoms with van der Waals surface area (Å²) in [7, 11) is 2.05. The van der Waals surface area contributed by atoms with E-state index in [1.807, 2.05) is 21.8 Å². The van der Waals surface area contributed by atoms with Gasteiger partial charge in [0.05, 0.1) is 18.8 Å². The number of fused-ring (bicyclic) bond motifs is 1. The molecule has 2 aromatic heterocycles. The molecule has 0 bridgehead atoms. The van der Waals surface area contributed by atoms with Crippen LogP contribution < -0.4 is 5.32 Å². The Morgan fingerprint density at radius 2 is 2.19 bits per heavy atom. The summed E-state index contributed by atoms with van der Waals surface area (Å²) in [6.07, 6.45) is 5.55. The van der Waals surface area contributed by atoms with Crippen molar-refractivity contribution in [3.05, 3.63) is 47.9 Å². The van der Waals surface area contributed by atoms with Gasteiger partial charge in [0.15, 0.2) is 0 Å². The Hall–Kier alpha value is -2.83. The second-order valence-electron chi connectivity index (χ2n) is 6.93. The molecule has 7 heteroatoms. The topological polar surface area (TPSA) is 68.0 Å². The Kier molecular flexibility index (Phi) is 4.36. The fourth-order valence-electron chi connectivity index (χ4n) is 3.93. The number of piperidine rings is 1. The lowest BCUT2D eigenvalue weighted by Crippen LogP contribution is -2.46. The van der Waals surface area contributed by atoms with Crippen LogP contribution in [0.25, 0.3) is 10.9 Å². The predicted molar refractivity (Wildman–Crippen MR) is 99.8 cm³/mol. The highest BCUT2D eigenvalue weighted by molar-refractivity contribution is 5.85. The van der Waals surface area contributed by atoms with Gasteiger partial charge in [0.1, 0.15) is 0 Å². The van der Waals surface area contributed by atoms with E-state index in [1.54, 1.807) is 6.20 Å². The third kappa shape index (κ3) is 2.94. The van der Waals surface area contributed by atoms with Crippen LogP contribution in [0.15, 0.2) is 36.7 Å². The minimum atomic E-state index is -0.0144. The van der Waals surface area contributed by atoms with E-state index in [-0.39, 0.29) is 12.1 Å². The first-order chi connectivity index (χ1) is 12.6. The first kappa shape index (κ1) is 16.6. The summed E-state index contributed by atoms with van der Waals surface area (Å²) in [5.41, 5.74) is 3.56. The summed E-state index contributed by atoms with van der Waals surface area (Å²) in [4.78, 5) is 14.6. The first-order valence-corrected chi connectivity index (χ1v) is 9.06. The summed E-state index contributed by atoms with van der Waals surface area (Å²) in [6, 6.07) is 8.53. The molecule has 7 nitrogen and oxygen atoms in total. The lowest BCUT2D eigenvalue weighted by molar-refractivity contribution is 0.162. The Morgan fingerprint density at radius 1 is 1.35 bits per heavy atom. The van der Waals surface area contributed by atoms with Gasteiger partial charge in [-0.15, -0.1) is 5.10 Å². The second kappa shape index (κ2) is 6.82. The van der Waals surface area contributed by atoms with E-state index in [9.17, 15) is 4.79 Å². The van der Waals surface area contributed by atoms with Crippen LogP contribution in [0, 0.1) is 6.92 Å². The Balaban J connectivity index is 1.44. The molecule has 1 aromatic carbocycles. The van der Waals surface area contributed by atoms with Gasteiger partial charge in [-0.2, -0.15) is 0 Å². The summed E-state index contributed by atoms with van der Waals surface area (Å²) >= 11 is 0. The number of benzene rings is 1. The fourth-order valence-corrected chi connectivity index (χ4v) is 3.93. The maximum atomic E-state index is 12.7. The minimum Gasteiger partial charge on any atom is -0.346 e. The first-order valence-electron chi connectivity index (χ1n) is 9.06. The molecule has 1 aliphatic heterocycles. The Morgan fingerprint density at radius 3 is 2.96 bits per heavy atom. The number of para-hydroxylation sites is 1. The second-order valence-corrected chi connectivity index (χ2v) is 6.93. The van der Waals surface area contributed by atoms with Gasteiger partial charge < -0.3 is 14.8 Å². The van der Waals surface area contributed by atoms with Crippen molar-refractivity contribution < 1.29 is 4.79 Å². The minimum absolute atomic E-state index is 0.0144. The zero-order valence-electron chi connectivity index (χ0n) is 15.2. The molecule has 26 heavy (non-hydrogen) atoms. The van der Waals surface area contributed by atoms with Gasteiger partial charge >= 0.3 is 6.03 Å². The molecule has 1 atom stereocenters. The summed E-state index contributed by atoms with van der Waals surface area (Å²) in [5.74, 6) is 0. The number of aromatic nitrogens is 4. The number of carbonyl (C=O) groups excluding carboxylic acids is 1. The third-order valence-electron chi connectivity index (χ3n) is 5.41. The van der Waals surface area contributed by atoms with Crippen molar-refractivity contribution in [2.24, 2.45) is 7.05 Å². The van der Waals surface area contributed by atoms with E-state index >= 15 is 0 Å². The number of nitrogens with zero attached hydrogens (tertiary/aromatic N) is 5. The normalized spacial score (nSPS) is 17.6. The van der Waals surface area contributed by atoms with Crippen molar-refractivity contribution in [2.75, 3.05) is 13.1 Å². The van der Waals surface area contributed by atoms with Crippen LogP contribution in [0.1, 0.15) is 30.1 Å². The molecule has 3 heterocycles. The van der Waals surface area contributed by atoms with E-state index in [4.69, 9.17) is 0 Å². The number of amides is 2. The Bertz CT molecular complexity index is 875. The van der Waals surface area contributed by atoms with Crippen LogP contribution in [-0.4, -0.2) is 43.6 Å². The monoisotopic (exact) mass is 352 g/mol. The highest BCUT2D eigenvalue weighted by Gasteiger charge is 2.25. The quantitative estimate of drug-likeness (QED) is 0.788. The molecule has 2 amide bonds. The molecule has 136 valence electrons. The van der Waals surface area contributed by atoms with Crippen LogP contribution in [0.2, 0.25) is 0 Å². The average Bonchev–Trinajstić information content (AvgIpc) is 3.29. The van der Waals surface area contributed by atoms with Gasteiger partial charge in [0.2, 0.25) is 0 Å². The standard InChI is InChI=1S/C19H24N6O/c1-14-16-7-3-4-8-17(16)23(2)18(14)12-20-19(26)24-10-5-6-15(13-24)25-11-9-21-22-25/h3-4,7-9,11,15H,5-6,10,12-13H2,1-2H3,(H,20,26)/t15-/m0/s1. The number of hydrogen-bond acceptors (Lipinski definition) is 3. The predicted octanol–water partition coefficient (Wildman–Crippen LogP) is 2.62. The van der Waals surface area contributed by atoms with Crippen molar-refractivity contribution in [2.45, 2.75) is 32.4 Å². The molecule has 0 aliphatic carbocycles. The van der Waals surface area contributed by atoms with Crippen LogP contribution in [0.3, 0.4) is 0 Å². The molecule has 0 radical (unpaired) electrons. The highest BCUT2D eigenvalue weighted by atomic mass is 16.2. The number of likely N-dealkylation sites (tertiary alicyclic amines) is 1. The molecular formula is C19H24N6O. The van der Waals surface area contributed by atoms with Crippen LogP contribution in [0.4, 0.5) is 4.79 Å². The summed E-state index contributed by atoms with van der Waals surface area (Å²) in [6.45, 7) is 4.10. The van der Waals surface area contributed by atoms with E-state index in [2.05, 4.69) is 52.4 Å². The molecule has 1 aliphatic rings. The van der Waals surface area contributed by atoms with Crippen molar-refractivity contribution >= 4 is 16.9 Å². The van der Waals surface area contributed by atoms with Gasteiger partial charge in [-0.3, -0.25) is 0 Å². The van der Waals surface area contributed by atoms with Crippen molar-refractivity contribution in [1.82, 2.24) is 29.8 Å². The average molecular weight is 352 g/mol. The van der Waals surface area contributed by atoms with Crippen molar-refractivity contribution in [1.29, 1.82) is 0 Å². The number of urea groups is 1. The number of rotatable bonds is 3. The van der Waals surface area contributed by atoms with E-state index in [0.717, 1.165) is 25.1 Å². The van der Waals surface area contributed by atoms with Crippen LogP contribution in [-0.2, 0) is 13.6 Å². The number of nitrogens with one attached hydrogen (secondary N) is 1. The maximum absolute atomic E-state index is 12.7. The zero-order chi connectivity index (χ0) is 18.1. The van der Waals surface area contributed by atoms with Gasteiger partial charge in [-0.1, -0.05) is 23.4 Å². The SMILES string of the molecule is Cc1c(CNC(=O)N2CCC[C@H](n3ccnn3)C2)n(C)c2ccccc12. The Labute approximate surface area is 152 Å². The summed E-state index contributed by atoms with van der Waals surface area (Å²) in [5, 5.41) is 12.3. The molecule has 4 rings (SSSR count). The molecule has 0 saturated carbocycles. The third-order valence-corrected chi connectivity index (χ3v) is 5.41. The number of aryl methyl sites for hydroxylation is 2. The van der Waals surface area contributed by atoms with Gasteiger partial charge in [0, 0.05) is 42.9 Å². The maximum Gasteiger partial charge on any atom is 0.317 e. The van der Waals surface area contributed by atoms with Crippen molar-refractivity contribution in [3.8, 4) is 0 Å². The smallest absolute Gasteiger partial charge is 0.317 e. The largest absolute Gasteiger partial charge is 0.346 e. The van der Waals surface area contributed by atoms with E-state index < -0.39 is 0 Å². The molecule has 0 spiro atoms. The van der Waals surface area contributed by atoms with Crippen molar-refractivity contribution in [3.63, 3.8) is 0 Å². The van der Waals surface area contributed by atoms with Gasteiger partial charge in [-0.25, -0.2) is 9.48 Å². The summed E-state index contributed by atoms with van der Waals surface area (Å²) < 4.78 is 4.02. The van der Waals surface area contributed by atoms with E-state index in [1.165, 1.54) is 16.5 Å². The molecule has 0 unspecified atom stereocenters. The molecule has 1 saturated heterocycles. The number of carbonyl (C=O) groups is 1. The van der Waals surface area contributed by atoms with Crippen LogP contribution in [0.5, 0.6) is 0 Å². The fraction of sp³-hybridized carbons (Fsp3) is 0.421. The number of hydrogen-bond donors (Lipinski definition) is 1. The van der Waals surface area contributed by atoms with Crippen LogP contribution >= 0.6 is 0 Å². The lowest BCUT2D eigenvalue weighted by atomic mass is 10.1. The van der Waals surface area contributed by atoms with Gasteiger partial charge in [-0.05, 0) is 31.4 Å². The van der Waals surface area contributed by atoms with Gasteiger partial charge in [0.25, 0.3) is 0 Å². The highest BCUT2D eigenvalue weighted by Crippen LogP contribution is 2.24. The van der Waals surface area contributed by atoms with E-state index in [0.29, 0.717) is 13.1 Å². The molecular weight excluding hydrogens is 328 g/mol. The molecule has 3 aromatic rings. The lowest BCUT2D eigenvalue weighted by Gasteiger charge is -2.32.